The molecule has 2 fully saturated rings. The van der Waals surface area contributed by atoms with Crippen LogP contribution in [0.2, 0.25) is 0 Å². The highest BCUT2D eigenvalue weighted by Crippen LogP contribution is 2.28. The van der Waals surface area contributed by atoms with Gasteiger partial charge in [0.15, 0.2) is 11.5 Å². The van der Waals surface area contributed by atoms with Gasteiger partial charge in [0, 0.05) is 43.6 Å². The number of aromatic nitrogens is 5. The van der Waals surface area contributed by atoms with Crippen LogP contribution in [0.15, 0.2) is 36.7 Å². The third-order valence-corrected chi connectivity index (χ3v) is 5.88. The molecule has 2 aliphatic heterocycles. The maximum Gasteiger partial charge on any atom is 0.225 e. The number of nitrogens with zero attached hydrogens (tertiary/aromatic N) is 6. The summed E-state index contributed by atoms with van der Waals surface area (Å²) in [4.78, 5) is 18.7. The minimum absolute atomic E-state index is 0.107. The lowest BCUT2D eigenvalue weighted by Crippen LogP contribution is -2.39. The second kappa shape index (κ2) is 7.87. The van der Waals surface area contributed by atoms with E-state index in [0.717, 1.165) is 68.1 Å². The number of amides is 1. The fourth-order valence-electron chi connectivity index (χ4n) is 4.24. The highest BCUT2D eigenvalue weighted by atomic mass is 16.5. The molecule has 5 heterocycles. The van der Waals surface area contributed by atoms with Crippen LogP contribution in [-0.4, -0.2) is 61.4 Å². The summed E-state index contributed by atoms with van der Waals surface area (Å²) >= 11 is 0. The number of hydrogen-bond acceptors (Lipinski definition) is 6. The van der Waals surface area contributed by atoms with E-state index in [-0.39, 0.29) is 17.9 Å². The molecule has 0 aliphatic carbocycles. The molecule has 1 amide bonds. The van der Waals surface area contributed by atoms with Crippen LogP contribution < -0.4 is 0 Å². The van der Waals surface area contributed by atoms with Gasteiger partial charge in [-0.3, -0.25) is 9.78 Å². The number of pyridine rings is 1. The minimum atomic E-state index is 0.107. The van der Waals surface area contributed by atoms with Crippen molar-refractivity contribution < 1.29 is 9.53 Å². The highest BCUT2D eigenvalue weighted by molar-refractivity contribution is 5.76. The summed E-state index contributed by atoms with van der Waals surface area (Å²) in [5, 5.41) is 13.5. The van der Waals surface area contributed by atoms with Gasteiger partial charge in [-0.15, -0.1) is 10.2 Å². The van der Waals surface area contributed by atoms with Gasteiger partial charge in [0.05, 0.1) is 18.2 Å². The van der Waals surface area contributed by atoms with Gasteiger partial charge in [-0.1, -0.05) is 0 Å². The number of likely N-dealkylation sites (tertiary alicyclic amines) is 1. The Hall–Kier alpha value is -2.87. The summed E-state index contributed by atoms with van der Waals surface area (Å²) < 4.78 is 7.45. The zero-order valence-electron chi connectivity index (χ0n) is 16.3. The molecule has 0 radical (unpaired) electrons. The first-order chi connectivity index (χ1) is 14.3. The van der Waals surface area contributed by atoms with Gasteiger partial charge in [0.2, 0.25) is 5.91 Å². The van der Waals surface area contributed by atoms with Crippen LogP contribution >= 0.6 is 0 Å². The number of ether oxygens (including phenoxy) is 1. The van der Waals surface area contributed by atoms with Gasteiger partial charge in [-0.05, 0) is 49.9 Å². The molecule has 3 aromatic rings. The van der Waals surface area contributed by atoms with E-state index in [1.54, 1.807) is 12.4 Å². The van der Waals surface area contributed by atoms with Gasteiger partial charge >= 0.3 is 0 Å². The number of fused-ring (bicyclic) bond motifs is 1. The monoisotopic (exact) mass is 392 g/mol. The Balaban J connectivity index is 1.29. The van der Waals surface area contributed by atoms with Crippen LogP contribution in [-0.2, 0) is 9.53 Å². The average molecular weight is 392 g/mol. The number of rotatable bonds is 4. The number of carbonyl (C=O) groups excluding carboxylic acids is 1. The van der Waals surface area contributed by atoms with Gasteiger partial charge in [-0.2, -0.15) is 9.61 Å². The number of hydrogen-bond donors (Lipinski definition) is 0. The first-order valence-electron chi connectivity index (χ1n) is 10.3. The molecule has 0 saturated carbocycles. The molecule has 5 rings (SSSR count). The molecule has 3 aromatic heterocycles. The van der Waals surface area contributed by atoms with E-state index in [1.165, 1.54) is 0 Å². The van der Waals surface area contributed by atoms with Crippen LogP contribution in [0, 0.1) is 0 Å². The van der Waals surface area contributed by atoms with E-state index in [1.807, 2.05) is 33.7 Å². The van der Waals surface area contributed by atoms with Gasteiger partial charge in [0.1, 0.15) is 0 Å². The molecule has 0 spiro atoms. The standard InChI is InChI=1S/C21H24N6O2/c28-20(13-17-4-2-12-29-17)26-10-7-15(8-11-26)21-24-23-19-6-5-18(25-27(19)21)16-3-1-9-22-14-16/h1,3,5-6,9,14-15,17H,2,4,7-8,10-13H2. The molecule has 150 valence electrons. The molecule has 1 unspecified atom stereocenters. The lowest BCUT2D eigenvalue weighted by Gasteiger charge is -2.31. The normalized spacial score (nSPS) is 20.4. The van der Waals surface area contributed by atoms with Crippen LogP contribution in [0.5, 0.6) is 0 Å². The maximum atomic E-state index is 12.6. The van der Waals surface area contributed by atoms with E-state index in [0.29, 0.717) is 6.42 Å². The second-order valence-electron chi connectivity index (χ2n) is 7.78. The third kappa shape index (κ3) is 3.72. The number of piperidine rings is 1. The first-order valence-corrected chi connectivity index (χ1v) is 10.3. The highest BCUT2D eigenvalue weighted by Gasteiger charge is 2.29. The second-order valence-corrected chi connectivity index (χ2v) is 7.78. The molecule has 8 heteroatoms. The Kier molecular flexibility index (Phi) is 4.93. The molecule has 1 atom stereocenters. The van der Waals surface area contributed by atoms with Gasteiger partial charge < -0.3 is 9.64 Å². The van der Waals surface area contributed by atoms with Crippen molar-refractivity contribution in [1.29, 1.82) is 0 Å². The molecule has 2 saturated heterocycles. The number of carbonyl (C=O) groups is 1. The van der Waals surface area contributed by atoms with Gasteiger partial charge in [-0.25, -0.2) is 0 Å². The quantitative estimate of drug-likeness (QED) is 0.678. The van der Waals surface area contributed by atoms with Crippen LogP contribution in [0.25, 0.3) is 16.9 Å². The van der Waals surface area contributed by atoms with Crippen molar-refractivity contribution in [2.45, 2.75) is 44.1 Å². The Morgan fingerprint density at radius 1 is 1.14 bits per heavy atom. The third-order valence-electron chi connectivity index (χ3n) is 5.88. The van der Waals surface area contributed by atoms with Crippen LogP contribution in [0.1, 0.15) is 43.8 Å². The molecule has 29 heavy (non-hydrogen) atoms. The van der Waals surface area contributed by atoms with E-state index in [4.69, 9.17) is 9.84 Å². The zero-order chi connectivity index (χ0) is 19.6. The van der Waals surface area contributed by atoms with Crippen molar-refractivity contribution in [3.8, 4) is 11.3 Å². The summed E-state index contributed by atoms with van der Waals surface area (Å²) in [6.45, 7) is 2.27. The minimum Gasteiger partial charge on any atom is -0.378 e. The smallest absolute Gasteiger partial charge is 0.225 e. The SMILES string of the molecule is O=C(CC1CCCO1)N1CCC(c2nnc3ccc(-c4cccnc4)nn23)CC1. The Bertz CT molecular complexity index is 991. The summed E-state index contributed by atoms with van der Waals surface area (Å²) in [5.74, 6) is 1.32. The largest absolute Gasteiger partial charge is 0.378 e. The fraction of sp³-hybridized carbons (Fsp3) is 0.476. The topological polar surface area (TPSA) is 85.5 Å². The molecular weight excluding hydrogens is 368 g/mol. The molecule has 0 bridgehead atoms. The average Bonchev–Trinajstić information content (AvgIpc) is 3.44. The predicted octanol–water partition coefficient (Wildman–Crippen LogP) is 2.46. The molecular formula is C21H24N6O2. The molecule has 0 aromatic carbocycles. The molecule has 2 aliphatic rings. The van der Waals surface area contributed by atoms with E-state index in [2.05, 4.69) is 15.2 Å². The van der Waals surface area contributed by atoms with E-state index >= 15 is 0 Å². The zero-order valence-corrected chi connectivity index (χ0v) is 16.3. The molecule has 0 N–H and O–H groups in total. The molecule has 8 nitrogen and oxygen atoms in total. The van der Waals surface area contributed by atoms with Crippen molar-refractivity contribution in [3.63, 3.8) is 0 Å². The van der Waals surface area contributed by atoms with E-state index < -0.39 is 0 Å². The maximum absolute atomic E-state index is 12.6. The Morgan fingerprint density at radius 2 is 2.03 bits per heavy atom. The Morgan fingerprint density at radius 3 is 2.79 bits per heavy atom. The van der Waals surface area contributed by atoms with Gasteiger partial charge in [0.25, 0.3) is 0 Å². The summed E-state index contributed by atoms with van der Waals surface area (Å²) in [6.07, 6.45) is 7.97. The van der Waals surface area contributed by atoms with Crippen molar-refractivity contribution in [2.75, 3.05) is 19.7 Å². The summed E-state index contributed by atoms with van der Waals surface area (Å²) in [6, 6.07) is 7.77. The summed E-state index contributed by atoms with van der Waals surface area (Å²) in [5.41, 5.74) is 2.55. The fourth-order valence-corrected chi connectivity index (χ4v) is 4.24. The van der Waals surface area contributed by atoms with Crippen molar-refractivity contribution >= 4 is 11.6 Å². The van der Waals surface area contributed by atoms with Crippen molar-refractivity contribution in [2.24, 2.45) is 0 Å². The van der Waals surface area contributed by atoms with E-state index in [9.17, 15) is 4.79 Å². The van der Waals surface area contributed by atoms with Crippen molar-refractivity contribution in [3.05, 3.63) is 42.5 Å². The van der Waals surface area contributed by atoms with Crippen LogP contribution in [0.3, 0.4) is 0 Å². The first kappa shape index (κ1) is 18.2. The van der Waals surface area contributed by atoms with Crippen molar-refractivity contribution in [1.82, 2.24) is 29.7 Å². The Labute approximate surface area is 168 Å². The lowest BCUT2D eigenvalue weighted by molar-refractivity contribution is -0.134. The predicted molar refractivity (Wildman–Crippen MR) is 106 cm³/mol. The lowest BCUT2D eigenvalue weighted by atomic mass is 9.95. The summed E-state index contributed by atoms with van der Waals surface area (Å²) in [7, 11) is 0. The van der Waals surface area contributed by atoms with Crippen LogP contribution in [0.4, 0.5) is 0 Å².